The van der Waals surface area contributed by atoms with Crippen molar-refractivity contribution in [3.05, 3.63) is 53.3 Å². The molecule has 0 radical (unpaired) electrons. The molecule has 0 unspecified atom stereocenters. The summed E-state index contributed by atoms with van der Waals surface area (Å²) in [7, 11) is 0. The predicted octanol–water partition coefficient (Wildman–Crippen LogP) is 3.38. The number of hydrogen-bond acceptors (Lipinski definition) is 3. The number of anilines is 1. The van der Waals surface area contributed by atoms with Gasteiger partial charge in [-0.25, -0.2) is 4.98 Å². The number of nitrogen functional groups attached to an aromatic ring is 1. The molecule has 1 heterocycles. The molecule has 3 rings (SSSR count). The number of ether oxygens (including phenoxy) is 1. The third kappa shape index (κ3) is 2.48. The zero-order chi connectivity index (χ0) is 13.2. The minimum atomic E-state index is 0.357. The monoisotopic (exact) mass is 273 g/mol. The Labute approximate surface area is 115 Å². The van der Waals surface area contributed by atoms with E-state index in [1.54, 1.807) is 12.1 Å². The van der Waals surface area contributed by atoms with E-state index in [1.807, 2.05) is 30.3 Å². The van der Waals surface area contributed by atoms with E-state index >= 15 is 0 Å². The van der Waals surface area contributed by atoms with Crippen LogP contribution in [0.25, 0.3) is 11.0 Å². The van der Waals surface area contributed by atoms with E-state index in [2.05, 4.69) is 9.97 Å². The summed E-state index contributed by atoms with van der Waals surface area (Å²) in [5.41, 5.74) is 8.20. The van der Waals surface area contributed by atoms with Crippen LogP contribution in [0.15, 0.2) is 42.5 Å². The number of aromatic nitrogens is 2. The Balaban J connectivity index is 1.78. The van der Waals surface area contributed by atoms with E-state index in [4.69, 9.17) is 22.1 Å². The quantitative estimate of drug-likeness (QED) is 0.719. The fraction of sp³-hybridized carbons (Fsp3) is 0.0714. The molecule has 96 valence electrons. The number of para-hydroxylation sites is 1. The molecule has 3 aromatic rings. The molecular formula is C14H12ClN3O. The van der Waals surface area contributed by atoms with Gasteiger partial charge in [0.15, 0.2) is 0 Å². The van der Waals surface area contributed by atoms with Crippen LogP contribution in [0.5, 0.6) is 5.75 Å². The zero-order valence-corrected chi connectivity index (χ0v) is 10.8. The first kappa shape index (κ1) is 11.9. The van der Waals surface area contributed by atoms with E-state index in [0.717, 1.165) is 22.6 Å². The Hall–Kier alpha value is -2.20. The highest BCUT2D eigenvalue weighted by Gasteiger charge is 2.05. The van der Waals surface area contributed by atoms with Gasteiger partial charge in [0.2, 0.25) is 0 Å². The molecule has 19 heavy (non-hydrogen) atoms. The van der Waals surface area contributed by atoms with Crippen LogP contribution in [-0.4, -0.2) is 9.97 Å². The molecule has 2 aromatic carbocycles. The number of nitrogens with zero attached hydrogens (tertiary/aromatic N) is 1. The Morgan fingerprint density at radius 3 is 2.68 bits per heavy atom. The summed E-state index contributed by atoms with van der Waals surface area (Å²) in [4.78, 5) is 7.59. The Kier molecular flexibility index (Phi) is 3.01. The molecule has 0 aliphatic heterocycles. The first-order valence-corrected chi connectivity index (χ1v) is 6.21. The highest BCUT2D eigenvalue weighted by molar-refractivity contribution is 6.30. The zero-order valence-electron chi connectivity index (χ0n) is 10.1. The van der Waals surface area contributed by atoms with Crippen molar-refractivity contribution in [3.8, 4) is 5.75 Å². The van der Waals surface area contributed by atoms with Crippen molar-refractivity contribution in [3.63, 3.8) is 0 Å². The maximum atomic E-state index is 5.86. The van der Waals surface area contributed by atoms with Gasteiger partial charge in [-0.2, -0.15) is 0 Å². The van der Waals surface area contributed by atoms with Crippen LogP contribution in [0, 0.1) is 0 Å². The molecular weight excluding hydrogens is 262 g/mol. The van der Waals surface area contributed by atoms with Gasteiger partial charge in [0.1, 0.15) is 23.7 Å². The van der Waals surface area contributed by atoms with Crippen molar-refractivity contribution in [2.75, 3.05) is 5.73 Å². The largest absolute Gasteiger partial charge is 0.486 e. The summed E-state index contributed by atoms with van der Waals surface area (Å²) in [5, 5.41) is 0.684. The first-order chi connectivity index (χ1) is 9.22. The number of nitrogens with one attached hydrogen (secondary N) is 1. The van der Waals surface area contributed by atoms with Crippen LogP contribution in [0.2, 0.25) is 5.02 Å². The number of aromatic amines is 1. The molecule has 0 saturated carbocycles. The molecule has 0 spiro atoms. The molecule has 0 amide bonds. The lowest BCUT2D eigenvalue weighted by atomic mass is 10.3. The highest BCUT2D eigenvalue weighted by Crippen LogP contribution is 2.20. The van der Waals surface area contributed by atoms with Crippen LogP contribution in [-0.2, 0) is 6.61 Å². The molecule has 0 aliphatic rings. The maximum Gasteiger partial charge on any atom is 0.146 e. The second-order valence-electron chi connectivity index (χ2n) is 4.17. The number of imidazole rings is 1. The number of rotatable bonds is 3. The SMILES string of the molecule is Nc1cccc2[nH]c(COc3ccc(Cl)cc3)nc12. The summed E-state index contributed by atoms with van der Waals surface area (Å²) < 4.78 is 5.62. The van der Waals surface area contributed by atoms with Crippen LogP contribution < -0.4 is 10.5 Å². The van der Waals surface area contributed by atoms with Gasteiger partial charge in [0.05, 0.1) is 11.2 Å². The Morgan fingerprint density at radius 1 is 1.16 bits per heavy atom. The fourth-order valence-electron chi connectivity index (χ4n) is 1.86. The lowest BCUT2D eigenvalue weighted by Gasteiger charge is -2.03. The minimum Gasteiger partial charge on any atom is -0.486 e. The van der Waals surface area contributed by atoms with Crippen molar-refractivity contribution >= 4 is 28.3 Å². The van der Waals surface area contributed by atoms with Crippen molar-refractivity contribution in [1.29, 1.82) is 0 Å². The molecule has 0 atom stereocenters. The van der Waals surface area contributed by atoms with Gasteiger partial charge in [-0.3, -0.25) is 0 Å². The molecule has 4 nitrogen and oxygen atoms in total. The number of hydrogen-bond donors (Lipinski definition) is 2. The third-order valence-electron chi connectivity index (χ3n) is 2.78. The van der Waals surface area contributed by atoms with Crippen molar-refractivity contribution < 1.29 is 4.74 Å². The average molecular weight is 274 g/mol. The molecule has 0 bridgehead atoms. The molecule has 1 aromatic heterocycles. The van der Waals surface area contributed by atoms with Crippen LogP contribution in [0.3, 0.4) is 0 Å². The summed E-state index contributed by atoms with van der Waals surface area (Å²) >= 11 is 5.81. The summed E-state index contributed by atoms with van der Waals surface area (Å²) in [6, 6.07) is 12.9. The fourth-order valence-corrected chi connectivity index (χ4v) is 1.98. The summed E-state index contributed by atoms with van der Waals surface area (Å²) in [6.45, 7) is 0.357. The van der Waals surface area contributed by atoms with Gasteiger partial charge in [-0.15, -0.1) is 0 Å². The normalized spacial score (nSPS) is 10.8. The molecule has 0 saturated heterocycles. The van der Waals surface area contributed by atoms with Crippen molar-refractivity contribution in [2.45, 2.75) is 6.61 Å². The molecule has 0 fully saturated rings. The average Bonchev–Trinajstić information content (AvgIpc) is 2.83. The van der Waals surface area contributed by atoms with Crippen molar-refractivity contribution in [1.82, 2.24) is 9.97 Å². The molecule has 5 heteroatoms. The second kappa shape index (κ2) is 4.82. The topological polar surface area (TPSA) is 63.9 Å². The Bertz CT molecular complexity index is 706. The number of H-pyrrole nitrogens is 1. The lowest BCUT2D eigenvalue weighted by molar-refractivity contribution is 0.297. The lowest BCUT2D eigenvalue weighted by Crippen LogP contribution is -1.97. The number of nitrogens with two attached hydrogens (primary N) is 1. The third-order valence-corrected chi connectivity index (χ3v) is 3.03. The Morgan fingerprint density at radius 2 is 1.95 bits per heavy atom. The van der Waals surface area contributed by atoms with Gasteiger partial charge < -0.3 is 15.5 Å². The van der Waals surface area contributed by atoms with Crippen LogP contribution >= 0.6 is 11.6 Å². The molecule has 0 aliphatic carbocycles. The highest BCUT2D eigenvalue weighted by atomic mass is 35.5. The van der Waals surface area contributed by atoms with Gasteiger partial charge in [0.25, 0.3) is 0 Å². The van der Waals surface area contributed by atoms with E-state index in [0.29, 0.717) is 17.3 Å². The minimum absolute atomic E-state index is 0.357. The van der Waals surface area contributed by atoms with Crippen LogP contribution in [0.1, 0.15) is 5.82 Å². The van der Waals surface area contributed by atoms with E-state index in [-0.39, 0.29) is 0 Å². The number of benzene rings is 2. The van der Waals surface area contributed by atoms with Gasteiger partial charge in [0, 0.05) is 5.02 Å². The van der Waals surface area contributed by atoms with Gasteiger partial charge in [-0.1, -0.05) is 17.7 Å². The molecule has 3 N–H and O–H groups in total. The van der Waals surface area contributed by atoms with Gasteiger partial charge in [-0.05, 0) is 36.4 Å². The number of halogens is 1. The predicted molar refractivity (Wildman–Crippen MR) is 76.3 cm³/mol. The second-order valence-corrected chi connectivity index (χ2v) is 4.61. The smallest absolute Gasteiger partial charge is 0.146 e. The number of fused-ring (bicyclic) bond motifs is 1. The van der Waals surface area contributed by atoms with E-state index < -0.39 is 0 Å². The van der Waals surface area contributed by atoms with Crippen molar-refractivity contribution in [2.24, 2.45) is 0 Å². The van der Waals surface area contributed by atoms with E-state index in [9.17, 15) is 0 Å². The standard InChI is InChI=1S/C14H12ClN3O/c15-9-4-6-10(7-5-9)19-8-13-17-12-3-1-2-11(16)14(12)18-13/h1-7H,8,16H2,(H,17,18). The van der Waals surface area contributed by atoms with E-state index in [1.165, 1.54) is 0 Å². The summed E-state index contributed by atoms with van der Waals surface area (Å²) in [6.07, 6.45) is 0. The van der Waals surface area contributed by atoms with Gasteiger partial charge >= 0.3 is 0 Å². The first-order valence-electron chi connectivity index (χ1n) is 5.84. The maximum absolute atomic E-state index is 5.86. The van der Waals surface area contributed by atoms with Crippen LogP contribution in [0.4, 0.5) is 5.69 Å². The summed E-state index contributed by atoms with van der Waals surface area (Å²) in [5.74, 6) is 1.49.